The lowest BCUT2D eigenvalue weighted by molar-refractivity contribution is 0.673. The van der Waals surface area contributed by atoms with Gasteiger partial charge in [-0.2, -0.15) is 0 Å². The number of benzene rings is 1. The second-order valence-corrected chi connectivity index (χ2v) is 7.15. The topological polar surface area (TPSA) is 15.3 Å². The van der Waals surface area contributed by atoms with E-state index in [0.29, 0.717) is 0 Å². The molecule has 1 heterocycles. The largest absolute Gasteiger partial charge is 0.374 e. The van der Waals surface area contributed by atoms with E-state index in [9.17, 15) is 0 Å². The molecular weight excluding hydrogens is 344 g/mol. The molecule has 0 aliphatic rings. The Morgan fingerprint density at radius 3 is 2.86 bits per heavy atom. The summed E-state index contributed by atoms with van der Waals surface area (Å²) in [7, 11) is 2.18. The van der Waals surface area contributed by atoms with Crippen molar-refractivity contribution >= 4 is 33.0 Å². The molecule has 0 aliphatic carbocycles. The summed E-state index contributed by atoms with van der Waals surface area (Å²) in [6.45, 7) is 5.22. The molecule has 0 saturated heterocycles. The SMILES string of the molecule is CCCNCc1cc(Br)ccc1N(C)CCc1cccs1. The summed E-state index contributed by atoms with van der Waals surface area (Å²) >= 11 is 5.42. The van der Waals surface area contributed by atoms with Gasteiger partial charge in [-0.3, -0.25) is 0 Å². The lowest BCUT2D eigenvalue weighted by Gasteiger charge is -2.23. The van der Waals surface area contributed by atoms with Crippen LogP contribution in [0.5, 0.6) is 0 Å². The van der Waals surface area contributed by atoms with Gasteiger partial charge in [0, 0.05) is 35.2 Å². The molecule has 2 nitrogen and oxygen atoms in total. The Morgan fingerprint density at radius 2 is 2.14 bits per heavy atom. The number of hydrogen-bond donors (Lipinski definition) is 1. The maximum absolute atomic E-state index is 3.58. The predicted molar refractivity (Wildman–Crippen MR) is 97.4 cm³/mol. The van der Waals surface area contributed by atoms with Gasteiger partial charge in [-0.25, -0.2) is 0 Å². The minimum atomic E-state index is 0.923. The number of hydrogen-bond acceptors (Lipinski definition) is 3. The van der Waals surface area contributed by atoms with Crippen LogP contribution in [-0.2, 0) is 13.0 Å². The van der Waals surface area contributed by atoms with Crippen LogP contribution in [0.1, 0.15) is 23.8 Å². The second-order valence-electron chi connectivity index (χ2n) is 5.20. The Balaban J connectivity index is 2.02. The Kier molecular flexibility index (Phi) is 6.74. The fraction of sp³-hybridized carbons (Fsp3) is 0.412. The first kappa shape index (κ1) is 16.5. The molecule has 0 saturated carbocycles. The molecule has 2 rings (SSSR count). The molecule has 0 bridgehead atoms. The van der Waals surface area contributed by atoms with E-state index in [1.807, 2.05) is 11.3 Å². The maximum Gasteiger partial charge on any atom is 0.0410 e. The van der Waals surface area contributed by atoms with E-state index in [-0.39, 0.29) is 0 Å². The molecule has 0 atom stereocenters. The molecule has 1 aromatic carbocycles. The zero-order chi connectivity index (χ0) is 15.1. The van der Waals surface area contributed by atoms with Crippen LogP contribution in [0.15, 0.2) is 40.2 Å². The predicted octanol–water partition coefficient (Wildman–Crippen LogP) is 4.69. The lowest BCUT2D eigenvalue weighted by atomic mass is 10.1. The summed E-state index contributed by atoms with van der Waals surface area (Å²) in [6, 6.07) is 10.9. The van der Waals surface area contributed by atoms with E-state index in [1.165, 1.54) is 16.1 Å². The number of thiophene rings is 1. The van der Waals surface area contributed by atoms with Crippen molar-refractivity contribution < 1.29 is 0 Å². The van der Waals surface area contributed by atoms with Gasteiger partial charge in [-0.1, -0.05) is 28.9 Å². The first-order valence-electron chi connectivity index (χ1n) is 7.43. The standard InChI is InChI=1S/C17H23BrN2S/c1-3-9-19-13-14-12-15(18)6-7-17(14)20(2)10-8-16-5-4-11-21-16/h4-7,11-12,19H,3,8-10,13H2,1-2H3. The Hall–Kier alpha value is -0.840. The van der Waals surface area contributed by atoms with Crippen LogP contribution in [0.25, 0.3) is 0 Å². The maximum atomic E-state index is 3.58. The molecular formula is C17H23BrN2S. The van der Waals surface area contributed by atoms with Crippen molar-refractivity contribution in [2.45, 2.75) is 26.3 Å². The van der Waals surface area contributed by atoms with Gasteiger partial charge in [0.15, 0.2) is 0 Å². The minimum Gasteiger partial charge on any atom is -0.374 e. The summed E-state index contributed by atoms with van der Waals surface area (Å²) in [5.74, 6) is 0. The molecule has 0 radical (unpaired) electrons. The number of halogens is 1. The molecule has 114 valence electrons. The molecule has 0 spiro atoms. The van der Waals surface area contributed by atoms with Gasteiger partial charge in [-0.15, -0.1) is 11.3 Å². The summed E-state index contributed by atoms with van der Waals surface area (Å²) in [6.07, 6.45) is 2.27. The molecule has 0 fully saturated rings. The van der Waals surface area contributed by atoms with Crippen molar-refractivity contribution in [2.75, 3.05) is 25.0 Å². The van der Waals surface area contributed by atoms with Crippen LogP contribution in [-0.4, -0.2) is 20.1 Å². The highest BCUT2D eigenvalue weighted by molar-refractivity contribution is 9.10. The van der Waals surface area contributed by atoms with E-state index in [4.69, 9.17) is 0 Å². The van der Waals surface area contributed by atoms with Gasteiger partial charge in [0.05, 0.1) is 0 Å². The number of anilines is 1. The average Bonchev–Trinajstić information content (AvgIpc) is 2.98. The van der Waals surface area contributed by atoms with Gasteiger partial charge in [0.25, 0.3) is 0 Å². The summed E-state index contributed by atoms with van der Waals surface area (Å²) in [4.78, 5) is 3.80. The number of likely N-dealkylation sites (N-methyl/N-ethyl adjacent to an activating group) is 1. The lowest BCUT2D eigenvalue weighted by Crippen LogP contribution is -2.23. The van der Waals surface area contributed by atoms with E-state index < -0.39 is 0 Å². The van der Waals surface area contributed by atoms with Crippen LogP contribution in [0, 0.1) is 0 Å². The average molecular weight is 367 g/mol. The van der Waals surface area contributed by atoms with Gasteiger partial charge in [0.1, 0.15) is 0 Å². The zero-order valence-corrected chi connectivity index (χ0v) is 15.1. The van der Waals surface area contributed by atoms with Gasteiger partial charge >= 0.3 is 0 Å². The van der Waals surface area contributed by atoms with Crippen LogP contribution in [0.3, 0.4) is 0 Å². The van der Waals surface area contributed by atoms with Crippen molar-refractivity contribution in [1.82, 2.24) is 5.32 Å². The highest BCUT2D eigenvalue weighted by atomic mass is 79.9. The van der Waals surface area contributed by atoms with Gasteiger partial charge in [0.2, 0.25) is 0 Å². The Bertz CT molecular complexity index is 540. The second kappa shape index (κ2) is 8.57. The Labute approximate surface area is 140 Å². The third kappa shape index (κ3) is 5.13. The van der Waals surface area contributed by atoms with Crippen molar-refractivity contribution in [2.24, 2.45) is 0 Å². The molecule has 1 aromatic heterocycles. The van der Waals surface area contributed by atoms with Crippen LogP contribution in [0.2, 0.25) is 0 Å². The molecule has 0 unspecified atom stereocenters. The molecule has 0 aliphatic heterocycles. The molecule has 2 aromatic rings. The number of nitrogens with zero attached hydrogens (tertiary/aromatic N) is 1. The summed E-state index contributed by atoms with van der Waals surface area (Å²) in [5.41, 5.74) is 2.67. The fourth-order valence-electron chi connectivity index (χ4n) is 2.32. The molecule has 21 heavy (non-hydrogen) atoms. The molecule has 1 N–H and O–H groups in total. The molecule has 4 heteroatoms. The fourth-order valence-corrected chi connectivity index (χ4v) is 3.43. The van der Waals surface area contributed by atoms with Crippen molar-refractivity contribution in [3.63, 3.8) is 0 Å². The Morgan fingerprint density at radius 1 is 1.29 bits per heavy atom. The van der Waals surface area contributed by atoms with E-state index in [0.717, 1.165) is 36.9 Å². The van der Waals surface area contributed by atoms with E-state index >= 15 is 0 Å². The van der Waals surface area contributed by atoms with E-state index in [1.54, 1.807) is 0 Å². The quantitative estimate of drug-likeness (QED) is 0.681. The summed E-state index contributed by atoms with van der Waals surface area (Å²) in [5, 5.41) is 5.65. The highest BCUT2D eigenvalue weighted by Gasteiger charge is 2.08. The summed E-state index contributed by atoms with van der Waals surface area (Å²) < 4.78 is 1.14. The highest BCUT2D eigenvalue weighted by Crippen LogP contribution is 2.24. The van der Waals surface area contributed by atoms with Gasteiger partial charge < -0.3 is 10.2 Å². The first-order chi connectivity index (χ1) is 10.2. The normalized spacial score (nSPS) is 10.8. The molecule has 0 amide bonds. The zero-order valence-electron chi connectivity index (χ0n) is 12.7. The van der Waals surface area contributed by atoms with Crippen molar-refractivity contribution in [3.8, 4) is 0 Å². The number of rotatable bonds is 8. The third-order valence-corrected chi connectivity index (χ3v) is 4.90. The third-order valence-electron chi connectivity index (χ3n) is 3.47. The van der Waals surface area contributed by atoms with Crippen LogP contribution in [0.4, 0.5) is 5.69 Å². The van der Waals surface area contributed by atoms with Crippen LogP contribution < -0.4 is 10.2 Å². The smallest absolute Gasteiger partial charge is 0.0410 e. The van der Waals surface area contributed by atoms with Crippen molar-refractivity contribution in [3.05, 3.63) is 50.6 Å². The number of nitrogens with one attached hydrogen (secondary N) is 1. The first-order valence-corrected chi connectivity index (χ1v) is 9.10. The van der Waals surface area contributed by atoms with Crippen LogP contribution >= 0.6 is 27.3 Å². The monoisotopic (exact) mass is 366 g/mol. The van der Waals surface area contributed by atoms with E-state index in [2.05, 4.69) is 75.8 Å². The minimum absolute atomic E-state index is 0.923. The van der Waals surface area contributed by atoms with Gasteiger partial charge in [-0.05, 0) is 54.6 Å². The van der Waals surface area contributed by atoms with Crippen molar-refractivity contribution in [1.29, 1.82) is 0 Å².